The maximum atomic E-state index is 13.6. The SMILES string of the molecule is C[C@H]1c2cccc(O)c2C(=O)C2C(=O)[C@]3(O)C(=O)C(C(N)=O)C(=O)[C@@H](N(C)C)[C@@H]3[C@@H](O)[C@@H]21.O. The summed E-state index contributed by atoms with van der Waals surface area (Å²) in [4.78, 5) is 66.3. The number of carbonyl (C=O) groups excluding carboxylic acids is 5. The molecular formula is C22H26N2O9. The number of phenolic OH excluding ortho intramolecular Hbond substituents is 1. The van der Waals surface area contributed by atoms with Gasteiger partial charge in [0.2, 0.25) is 5.91 Å². The Hall–Kier alpha value is -2.99. The molecule has 3 aliphatic rings. The van der Waals surface area contributed by atoms with Crippen LogP contribution in [0, 0.1) is 23.7 Å². The van der Waals surface area contributed by atoms with Crippen molar-refractivity contribution in [1.29, 1.82) is 0 Å². The van der Waals surface area contributed by atoms with Crippen molar-refractivity contribution >= 4 is 29.0 Å². The summed E-state index contributed by atoms with van der Waals surface area (Å²) in [5.74, 6) is -13.1. The first-order chi connectivity index (χ1) is 14.9. The van der Waals surface area contributed by atoms with Crippen molar-refractivity contribution in [2.75, 3.05) is 14.1 Å². The van der Waals surface area contributed by atoms with Gasteiger partial charge in [-0.2, -0.15) is 0 Å². The van der Waals surface area contributed by atoms with E-state index in [0.29, 0.717) is 5.56 Å². The van der Waals surface area contributed by atoms with Gasteiger partial charge in [-0.3, -0.25) is 28.9 Å². The molecule has 33 heavy (non-hydrogen) atoms. The lowest BCUT2D eigenvalue weighted by Gasteiger charge is -2.55. The van der Waals surface area contributed by atoms with E-state index in [1.807, 2.05) is 0 Å². The lowest BCUT2D eigenvalue weighted by atomic mass is 9.49. The van der Waals surface area contributed by atoms with Crippen LogP contribution in [0.25, 0.3) is 0 Å². The maximum absolute atomic E-state index is 13.6. The molecular weight excluding hydrogens is 436 g/mol. The molecule has 1 aromatic carbocycles. The molecule has 11 heteroatoms. The van der Waals surface area contributed by atoms with Crippen molar-refractivity contribution in [2.24, 2.45) is 29.4 Å². The minimum absolute atomic E-state index is 0. The Bertz CT molecular complexity index is 1080. The van der Waals surface area contributed by atoms with Gasteiger partial charge in [-0.05, 0) is 31.6 Å². The number of aromatic hydroxyl groups is 1. The average molecular weight is 462 g/mol. The summed E-state index contributed by atoms with van der Waals surface area (Å²) in [5, 5.41) is 33.1. The van der Waals surface area contributed by atoms with Gasteiger partial charge in [0.1, 0.15) is 5.75 Å². The van der Waals surface area contributed by atoms with E-state index in [4.69, 9.17) is 5.73 Å². The van der Waals surface area contributed by atoms with Gasteiger partial charge < -0.3 is 26.5 Å². The lowest BCUT2D eigenvalue weighted by molar-refractivity contribution is -0.196. The van der Waals surface area contributed by atoms with Gasteiger partial charge >= 0.3 is 0 Å². The summed E-state index contributed by atoms with van der Waals surface area (Å²) in [7, 11) is 2.89. The molecule has 0 saturated heterocycles. The largest absolute Gasteiger partial charge is 0.507 e. The first kappa shape index (κ1) is 24.6. The fraction of sp³-hybridized carbons (Fsp3) is 0.500. The average Bonchev–Trinajstić information content (AvgIpc) is 2.70. The molecule has 1 aromatic rings. The van der Waals surface area contributed by atoms with Crippen molar-refractivity contribution in [3.63, 3.8) is 0 Å². The standard InChI is InChI=1S/C22H24N2O8.H2O/c1-7-8-5-4-6-9(25)11(8)16(26)12-10(7)17(27)14-15(24(2)3)18(28)13(21(23)31)20(30)22(14,32)19(12)29;/h4-7,10,12-15,17,25,27,32H,1-3H3,(H2,23,31);1H2/t7-,10+,12?,13?,14+,15-,17-,22-;/m0./s1. The van der Waals surface area contributed by atoms with E-state index in [-0.39, 0.29) is 16.8 Å². The highest BCUT2D eigenvalue weighted by Gasteiger charge is 2.72. The number of carbonyl (C=O) groups is 5. The summed E-state index contributed by atoms with van der Waals surface area (Å²) in [6.45, 7) is 1.66. The smallest absolute Gasteiger partial charge is 0.235 e. The number of aliphatic hydroxyl groups excluding tert-OH is 1. The zero-order valence-corrected chi connectivity index (χ0v) is 18.2. The zero-order chi connectivity index (χ0) is 23.9. The van der Waals surface area contributed by atoms with Crippen molar-refractivity contribution in [3.05, 3.63) is 29.3 Å². The fourth-order valence-corrected chi connectivity index (χ4v) is 5.95. The van der Waals surface area contributed by atoms with Crippen LogP contribution in [0.5, 0.6) is 5.75 Å². The summed E-state index contributed by atoms with van der Waals surface area (Å²) in [6, 6.07) is 3.03. The monoisotopic (exact) mass is 462 g/mol. The second-order valence-corrected chi connectivity index (χ2v) is 9.11. The highest BCUT2D eigenvalue weighted by molar-refractivity contribution is 6.32. The molecule has 8 atom stereocenters. The van der Waals surface area contributed by atoms with Crippen LogP contribution in [0.4, 0.5) is 0 Å². The van der Waals surface area contributed by atoms with E-state index >= 15 is 0 Å². The number of rotatable bonds is 2. The molecule has 0 bridgehead atoms. The number of benzene rings is 1. The predicted octanol–water partition coefficient (Wildman–Crippen LogP) is -2.43. The first-order valence-electron chi connectivity index (χ1n) is 10.2. The number of nitrogens with two attached hydrogens (primary N) is 1. The quantitative estimate of drug-likeness (QED) is 0.344. The highest BCUT2D eigenvalue weighted by Crippen LogP contribution is 2.54. The number of Topliss-reactive ketones (excluding diaryl/α,β-unsaturated/α-hetero) is 4. The molecule has 4 rings (SSSR count). The third kappa shape index (κ3) is 2.93. The third-order valence-corrected chi connectivity index (χ3v) is 7.35. The van der Waals surface area contributed by atoms with Gasteiger partial charge in [0.15, 0.2) is 34.7 Å². The third-order valence-electron chi connectivity index (χ3n) is 7.35. The molecule has 0 aliphatic heterocycles. The molecule has 1 amide bonds. The number of hydrogen-bond acceptors (Lipinski definition) is 9. The van der Waals surface area contributed by atoms with Crippen LogP contribution in [-0.4, -0.2) is 86.6 Å². The first-order valence-corrected chi connectivity index (χ1v) is 10.2. The number of nitrogens with zero attached hydrogens (tertiary/aromatic N) is 1. The predicted molar refractivity (Wildman–Crippen MR) is 111 cm³/mol. The molecule has 2 unspecified atom stereocenters. The molecule has 0 spiro atoms. The van der Waals surface area contributed by atoms with Gasteiger partial charge in [-0.1, -0.05) is 19.1 Å². The Morgan fingerprint density at radius 2 is 1.73 bits per heavy atom. The van der Waals surface area contributed by atoms with E-state index in [1.54, 1.807) is 13.0 Å². The normalized spacial score (nSPS) is 37.7. The Morgan fingerprint density at radius 1 is 1.12 bits per heavy atom. The number of hydrogen-bond donors (Lipinski definition) is 4. The Kier molecular flexibility index (Phi) is 5.83. The summed E-state index contributed by atoms with van der Waals surface area (Å²) < 4.78 is 0. The fourth-order valence-electron chi connectivity index (χ4n) is 5.95. The molecule has 2 fully saturated rings. The molecule has 7 N–H and O–H groups in total. The minimum atomic E-state index is -2.97. The Morgan fingerprint density at radius 3 is 2.27 bits per heavy atom. The number of primary amides is 1. The number of ketones is 4. The number of phenols is 1. The summed E-state index contributed by atoms with van der Waals surface area (Å²) >= 11 is 0. The number of fused-ring (bicyclic) bond motifs is 3. The van der Waals surface area contributed by atoms with Gasteiger partial charge in [-0.15, -0.1) is 0 Å². The minimum Gasteiger partial charge on any atom is -0.507 e. The van der Waals surface area contributed by atoms with Gasteiger partial charge in [0.25, 0.3) is 0 Å². The van der Waals surface area contributed by atoms with Crippen LogP contribution >= 0.6 is 0 Å². The van der Waals surface area contributed by atoms with E-state index < -0.39 is 76.4 Å². The lowest BCUT2D eigenvalue weighted by Crippen LogP contribution is -2.77. The van der Waals surface area contributed by atoms with Crippen LogP contribution in [-0.2, 0) is 19.2 Å². The van der Waals surface area contributed by atoms with Gasteiger partial charge in [0, 0.05) is 5.92 Å². The molecule has 0 heterocycles. The van der Waals surface area contributed by atoms with Crippen LogP contribution in [0.2, 0.25) is 0 Å². The Labute approximate surface area is 188 Å². The van der Waals surface area contributed by atoms with Crippen molar-refractivity contribution < 1.29 is 44.8 Å². The van der Waals surface area contributed by atoms with Crippen LogP contribution in [0.3, 0.4) is 0 Å². The van der Waals surface area contributed by atoms with E-state index in [0.717, 1.165) is 0 Å². The number of aliphatic hydroxyl groups is 2. The summed E-state index contributed by atoms with van der Waals surface area (Å²) in [6.07, 6.45) is -1.62. The van der Waals surface area contributed by atoms with Crippen LogP contribution in [0.15, 0.2) is 18.2 Å². The van der Waals surface area contributed by atoms with Gasteiger partial charge in [-0.25, -0.2) is 0 Å². The zero-order valence-electron chi connectivity index (χ0n) is 18.2. The second-order valence-electron chi connectivity index (χ2n) is 9.11. The number of amides is 1. The molecule has 0 aromatic heterocycles. The van der Waals surface area contributed by atoms with Gasteiger partial charge in [0.05, 0.1) is 29.5 Å². The topological polar surface area (TPSA) is 207 Å². The van der Waals surface area contributed by atoms with Crippen molar-refractivity contribution in [2.45, 2.75) is 30.6 Å². The van der Waals surface area contributed by atoms with Crippen LogP contribution < -0.4 is 5.73 Å². The number of likely N-dealkylation sites (N-methyl/N-ethyl adjacent to an activating group) is 1. The van der Waals surface area contributed by atoms with Crippen molar-refractivity contribution in [1.82, 2.24) is 4.90 Å². The maximum Gasteiger partial charge on any atom is 0.235 e. The molecule has 2 saturated carbocycles. The van der Waals surface area contributed by atoms with E-state index in [9.17, 15) is 39.3 Å². The molecule has 178 valence electrons. The second kappa shape index (κ2) is 7.80. The molecule has 11 nitrogen and oxygen atoms in total. The summed E-state index contributed by atoms with van der Waals surface area (Å²) in [5.41, 5.74) is 2.58. The van der Waals surface area contributed by atoms with E-state index in [1.165, 1.54) is 31.1 Å². The van der Waals surface area contributed by atoms with Crippen molar-refractivity contribution in [3.8, 4) is 5.75 Å². The Balaban J connectivity index is 0.00000306. The molecule has 0 radical (unpaired) electrons. The highest BCUT2D eigenvalue weighted by atomic mass is 16.3. The molecule has 3 aliphatic carbocycles. The van der Waals surface area contributed by atoms with Crippen LogP contribution in [0.1, 0.15) is 28.8 Å². The van der Waals surface area contributed by atoms with E-state index in [2.05, 4.69) is 0 Å².